The van der Waals surface area contributed by atoms with Crippen LogP contribution < -0.4 is 22.0 Å². The number of aromatic nitrogens is 2. The van der Waals surface area contributed by atoms with Crippen molar-refractivity contribution in [1.82, 2.24) is 4.98 Å². The third kappa shape index (κ3) is 5.08. The molecule has 0 fully saturated rings. The fourth-order valence-corrected chi connectivity index (χ4v) is 1.71. The summed E-state index contributed by atoms with van der Waals surface area (Å²) in [6, 6.07) is 7.00. The molecule has 108 valence electrons. The topological polar surface area (TPSA) is 156 Å². The van der Waals surface area contributed by atoms with E-state index in [2.05, 4.69) is 9.97 Å². The number of hydrogen-bond acceptors (Lipinski definition) is 6. The van der Waals surface area contributed by atoms with Crippen LogP contribution in [0.4, 0.5) is 11.8 Å². The number of nitrogens with one attached hydrogen (secondary N) is 2. The van der Waals surface area contributed by atoms with Crippen molar-refractivity contribution >= 4 is 21.9 Å². The number of nitrogen functional groups attached to an aromatic ring is 2. The first-order valence-electron chi connectivity index (χ1n) is 5.38. The highest BCUT2D eigenvalue weighted by atomic mass is 32.2. The van der Waals surface area contributed by atoms with Crippen molar-refractivity contribution in [2.45, 2.75) is 11.8 Å². The van der Waals surface area contributed by atoms with Crippen LogP contribution in [0.5, 0.6) is 0 Å². The van der Waals surface area contributed by atoms with Gasteiger partial charge in [-0.3, -0.25) is 4.79 Å². The monoisotopic (exact) mass is 298 g/mol. The molecule has 2 aromatic rings. The lowest BCUT2D eigenvalue weighted by atomic mass is 10.2. The van der Waals surface area contributed by atoms with E-state index in [1.54, 1.807) is 12.1 Å². The third-order valence-corrected chi connectivity index (χ3v) is 2.98. The highest BCUT2D eigenvalue weighted by Gasteiger charge is 1.97. The van der Waals surface area contributed by atoms with E-state index in [-0.39, 0.29) is 22.2 Å². The van der Waals surface area contributed by atoms with Crippen molar-refractivity contribution in [2.75, 3.05) is 11.5 Å². The SMILES string of the molecule is Cc1ccc(S(=O)(=O)[O-])cc1.Nc1cc(=O)[nH]c(N)[nH+]1. The Bertz CT molecular complexity index is 715. The minimum absolute atomic E-state index is 0.167. The molecule has 0 aliphatic rings. The molecule has 1 aromatic carbocycles. The van der Waals surface area contributed by atoms with E-state index in [0.29, 0.717) is 0 Å². The van der Waals surface area contributed by atoms with E-state index in [9.17, 15) is 17.8 Å². The Morgan fingerprint density at radius 2 is 1.75 bits per heavy atom. The molecule has 0 aliphatic heterocycles. The van der Waals surface area contributed by atoms with Gasteiger partial charge in [-0.05, 0) is 19.1 Å². The van der Waals surface area contributed by atoms with Gasteiger partial charge >= 0.3 is 5.95 Å². The fraction of sp³-hybridized carbons (Fsp3) is 0.0909. The maximum Gasteiger partial charge on any atom is 0.312 e. The molecule has 0 bridgehead atoms. The third-order valence-electron chi connectivity index (χ3n) is 2.13. The van der Waals surface area contributed by atoms with Gasteiger partial charge in [-0.15, -0.1) is 0 Å². The maximum absolute atomic E-state index is 10.5. The zero-order chi connectivity index (χ0) is 15.3. The molecule has 1 heterocycles. The summed E-state index contributed by atoms with van der Waals surface area (Å²) in [7, 11) is -4.27. The number of nitrogens with two attached hydrogens (primary N) is 2. The van der Waals surface area contributed by atoms with Crippen LogP contribution in [0.15, 0.2) is 40.0 Å². The van der Waals surface area contributed by atoms with Crippen LogP contribution >= 0.6 is 0 Å². The van der Waals surface area contributed by atoms with Crippen molar-refractivity contribution in [3.63, 3.8) is 0 Å². The molecular formula is C11H14N4O4S. The predicted molar refractivity (Wildman–Crippen MR) is 71.6 cm³/mol. The van der Waals surface area contributed by atoms with E-state index in [4.69, 9.17) is 11.5 Å². The number of anilines is 2. The van der Waals surface area contributed by atoms with E-state index >= 15 is 0 Å². The lowest BCUT2D eigenvalue weighted by Crippen LogP contribution is -2.23. The van der Waals surface area contributed by atoms with Gasteiger partial charge in [-0.1, -0.05) is 17.7 Å². The van der Waals surface area contributed by atoms with Crippen LogP contribution in [-0.2, 0) is 10.1 Å². The first-order valence-corrected chi connectivity index (χ1v) is 6.79. The van der Waals surface area contributed by atoms with E-state index in [1.165, 1.54) is 18.2 Å². The van der Waals surface area contributed by atoms with Crippen LogP contribution in [0.2, 0.25) is 0 Å². The molecule has 9 heteroatoms. The summed E-state index contributed by atoms with van der Waals surface area (Å²) in [4.78, 5) is 15.1. The summed E-state index contributed by atoms with van der Waals surface area (Å²) in [5.74, 6) is 0.427. The Morgan fingerprint density at radius 3 is 2.15 bits per heavy atom. The summed E-state index contributed by atoms with van der Waals surface area (Å²) < 4.78 is 31.2. The Balaban J connectivity index is 0.000000204. The van der Waals surface area contributed by atoms with Gasteiger partial charge < -0.3 is 16.0 Å². The number of aryl methyl sites for hydroxylation is 1. The average Bonchev–Trinajstić information content (AvgIpc) is 2.26. The molecule has 0 aliphatic carbocycles. The maximum atomic E-state index is 10.5. The number of rotatable bonds is 1. The second-order valence-electron chi connectivity index (χ2n) is 3.89. The molecule has 0 atom stereocenters. The van der Waals surface area contributed by atoms with Crippen molar-refractivity contribution in [1.29, 1.82) is 0 Å². The first kappa shape index (κ1) is 15.7. The molecule has 0 saturated heterocycles. The quantitative estimate of drug-likeness (QED) is 0.588. The predicted octanol–water partition coefficient (Wildman–Crippen LogP) is -0.747. The Hall–Kier alpha value is -2.39. The van der Waals surface area contributed by atoms with E-state index in [1.807, 2.05) is 6.92 Å². The van der Waals surface area contributed by atoms with Crippen molar-refractivity contribution in [2.24, 2.45) is 0 Å². The largest absolute Gasteiger partial charge is 0.744 e. The average molecular weight is 298 g/mol. The minimum Gasteiger partial charge on any atom is -0.744 e. The van der Waals surface area contributed by atoms with Crippen LogP contribution in [-0.4, -0.2) is 18.0 Å². The number of benzene rings is 1. The zero-order valence-corrected chi connectivity index (χ0v) is 11.4. The Kier molecular flexibility index (Phi) is 4.83. The second kappa shape index (κ2) is 6.17. The zero-order valence-electron chi connectivity index (χ0n) is 10.6. The van der Waals surface area contributed by atoms with Gasteiger partial charge in [-0.25, -0.2) is 18.4 Å². The standard InChI is InChI=1S/C7H8O3S.C4H6N4O/c1-6-2-4-7(5-3-6)11(8,9)10;5-2-1-3(9)8-4(6)7-2/h2-5H,1H3,(H,8,9,10);1H,(H5,5,6,7,8,9). The molecule has 0 unspecified atom stereocenters. The molecule has 0 saturated carbocycles. The summed E-state index contributed by atoms with van der Waals surface area (Å²) in [5.41, 5.74) is 11.0. The van der Waals surface area contributed by atoms with Gasteiger partial charge in [0.1, 0.15) is 10.1 Å². The number of H-pyrrole nitrogens is 2. The van der Waals surface area contributed by atoms with Gasteiger partial charge in [0.2, 0.25) is 0 Å². The van der Waals surface area contributed by atoms with Gasteiger partial charge in [0.05, 0.1) is 11.0 Å². The molecule has 0 spiro atoms. The molecule has 2 rings (SSSR count). The van der Waals surface area contributed by atoms with Crippen LogP contribution in [0.3, 0.4) is 0 Å². The highest BCUT2D eigenvalue weighted by molar-refractivity contribution is 7.85. The summed E-state index contributed by atoms with van der Waals surface area (Å²) in [6.07, 6.45) is 0. The Morgan fingerprint density at radius 1 is 1.20 bits per heavy atom. The van der Waals surface area contributed by atoms with Crippen LogP contribution in [0, 0.1) is 6.92 Å². The number of hydrogen-bond donors (Lipinski definition) is 3. The van der Waals surface area contributed by atoms with Crippen LogP contribution in [0.1, 0.15) is 5.56 Å². The van der Waals surface area contributed by atoms with Gasteiger partial charge in [0.25, 0.3) is 5.56 Å². The molecule has 8 nitrogen and oxygen atoms in total. The second-order valence-corrected chi connectivity index (χ2v) is 5.27. The smallest absolute Gasteiger partial charge is 0.312 e. The van der Waals surface area contributed by atoms with Gasteiger partial charge in [-0.2, -0.15) is 0 Å². The van der Waals surface area contributed by atoms with Gasteiger partial charge in [0, 0.05) is 0 Å². The van der Waals surface area contributed by atoms with Crippen molar-refractivity contribution in [3.8, 4) is 0 Å². The number of aromatic amines is 2. The van der Waals surface area contributed by atoms with E-state index in [0.717, 1.165) is 5.56 Å². The molecule has 20 heavy (non-hydrogen) atoms. The molecule has 1 aromatic heterocycles. The van der Waals surface area contributed by atoms with Crippen LogP contribution in [0.25, 0.3) is 0 Å². The lowest BCUT2D eigenvalue weighted by molar-refractivity contribution is -0.346. The van der Waals surface area contributed by atoms with E-state index < -0.39 is 10.1 Å². The summed E-state index contributed by atoms with van der Waals surface area (Å²) >= 11 is 0. The first-order chi connectivity index (χ1) is 9.18. The van der Waals surface area contributed by atoms with Crippen molar-refractivity contribution in [3.05, 3.63) is 46.2 Å². The minimum atomic E-state index is -4.27. The molecule has 0 amide bonds. The lowest BCUT2D eigenvalue weighted by Gasteiger charge is -2.05. The molecular weight excluding hydrogens is 284 g/mol. The molecule has 0 radical (unpaired) electrons. The molecule has 6 N–H and O–H groups in total. The fourth-order valence-electron chi connectivity index (χ4n) is 1.24. The highest BCUT2D eigenvalue weighted by Crippen LogP contribution is 2.08. The summed E-state index contributed by atoms with van der Waals surface area (Å²) in [6.45, 7) is 1.82. The van der Waals surface area contributed by atoms with Crippen molar-refractivity contribution < 1.29 is 18.0 Å². The Labute approximate surface area is 115 Å². The normalized spacial score (nSPS) is 10.5. The van der Waals surface area contributed by atoms with Gasteiger partial charge in [0.15, 0.2) is 5.82 Å². The summed E-state index contributed by atoms with van der Waals surface area (Å²) in [5, 5.41) is 0.